The van der Waals surface area contributed by atoms with Crippen molar-refractivity contribution in [3.63, 3.8) is 0 Å². The molecule has 0 atom stereocenters. The van der Waals surface area contributed by atoms with Gasteiger partial charge in [-0.2, -0.15) is 0 Å². The minimum Gasteiger partial charge on any atom is -0.237 e. The van der Waals surface area contributed by atoms with E-state index in [0.717, 1.165) is 66.8 Å². The second-order valence-corrected chi connectivity index (χ2v) is 15.5. The van der Waals surface area contributed by atoms with Gasteiger partial charge in [-0.25, -0.2) is 24.9 Å². The van der Waals surface area contributed by atoms with Gasteiger partial charge in [0.25, 0.3) is 0 Å². The van der Waals surface area contributed by atoms with Gasteiger partial charge < -0.3 is 0 Å². The van der Waals surface area contributed by atoms with E-state index in [9.17, 15) is 0 Å². The smallest absolute Gasteiger partial charge is 0.164 e. The summed E-state index contributed by atoms with van der Waals surface area (Å²) in [5, 5.41) is 3.57. The van der Waals surface area contributed by atoms with Gasteiger partial charge in [-0.15, -0.1) is 11.3 Å². The van der Waals surface area contributed by atoms with E-state index in [1.54, 1.807) is 11.3 Å². The Balaban J connectivity index is 0.869. The number of thiophene rings is 1. The maximum absolute atomic E-state index is 5.08. The van der Waals surface area contributed by atoms with Gasteiger partial charge in [0.1, 0.15) is 0 Å². The molecule has 0 fully saturated rings. The lowest BCUT2D eigenvalue weighted by atomic mass is 9.98. The molecular weight excluding hydrogens is 739 g/mol. The molecule has 0 saturated heterocycles. The van der Waals surface area contributed by atoms with E-state index in [0.29, 0.717) is 17.5 Å². The Labute approximate surface area is 345 Å². The van der Waals surface area contributed by atoms with Gasteiger partial charge in [0.05, 0.1) is 10.4 Å². The Kier molecular flexibility index (Phi) is 8.60. The Morgan fingerprint density at radius 2 is 0.695 bits per heavy atom. The van der Waals surface area contributed by atoms with E-state index >= 15 is 0 Å². The van der Waals surface area contributed by atoms with Crippen LogP contribution in [0.3, 0.4) is 0 Å². The van der Waals surface area contributed by atoms with E-state index in [4.69, 9.17) is 19.9 Å². The van der Waals surface area contributed by atoms with Crippen molar-refractivity contribution in [2.45, 2.75) is 0 Å². The fraction of sp³-hybridized carbons (Fsp3) is 0. The molecule has 0 amide bonds. The Bertz CT molecular complexity index is 3270. The summed E-state index contributed by atoms with van der Waals surface area (Å²) in [4.78, 5) is 24.6. The van der Waals surface area contributed by atoms with Crippen molar-refractivity contribution in [2.24, 2.45) is 0 Å². The quantitative estimate of drug-likeness (QED) is 0.161. The molecule has 0 N–H and O–H groups in total. The molecule has 0 saturated carbocycles. The van der Waals surface area contributed by atoms with Gasteiger partial charge in [-0.05, 0) is 51.6 Å². The number of hydrogen-bond acceptors (Lipinski definition) is 6. The van der Waals surface area contributed by atoms with Gasteiger partial charge in [0, 0.05) is 49.3 Å². The van der Waals surface area contributed by atoms with E-state index in [2.05, 4.69) is 157 Å². The van der Waals surface area contributed by atoms with Crippen LogP contribution in [0.5, 0.6) is 0 Å². The summed E-state index contributed by atoms with van der Waals surface area (Å²) in [5.41, 5.74) is 12.5. The maximum atomic E-state index is 5.08. The second-order valence-electron chi connectivity index (χ2n) is 14.5. The fourth-order valence-electron chi connectivity index (χ4n) is 7.79. The summed E-state index contributed by atoms with van der Waals surface area (Å²) in [5.74, 6) is 1.92. The third-order valence-electron chi connectivity index (χ3n) is 10.9. The zero-order valence-electron chi connectivity index (χ0n) is 31.7. The highest BCUT2D eigenvalue weighted by Gasteiger charge is 2.17. The number of benzene rings is 7. The van der Waals surface area contributed by atoms with Crippen LogP contribution in [-0.2, 0) is 0 Å². The molecule has 0 unspecified atom stereocenters. The highest BCUT2D eigenvalue weighted by Crippen LogP contribution is 2.42. The van der Waals surface area contributed by atoms with Crippen LogP contribution < -0.4 is 0 Å². The van der Waals surface area contributed by atoms with Crippen LogP contribution >= 0.6 is 11.3 Å². The SMILES string of the molecule is c1ccc(-c2ccc(-c3nc(-c4ccccc4)nc(-c4ccc(-c5ccc(-c6ccc(-c7nc8ncccc8c8c7sc7ccccc78)cc6)cc5)cc4)n3)cc2)cc1. The van der Waals surface area contributed by atoms with Crippen LogP contribution in [0.25, 0.3) is 110 Å². The van der Waals surface area contributed by atoms with E-state index < -0.39 is 0 Å². The summed E-state index contributed by atoms with van der Waals surface area (Å²) in [6.45, 7) is 0. The van der Waals surface area contributed by atoms with Crippen molar-refractivity contribution in [2.75, 3.05) is 0 Å². The lowest BCUT2D eigenvalue weighted by Crippen LogP contribution is -2.00. The van der Waals surface area contributed by atoms with E-state index in [1.807, 2.05) is 48.7 Å². The summed E-state index contributed by atoms with van der Waals surface area (Å²) in [6.07, 6.45) is 1.82. The molecule has 5 nitrogen and oxygen atoms in total. The predicted molar refractivity (Wildman–Crippen MR) is 244 cm³/mol. The van der Waals surface area contributed by atoms with E-state index in [1.165, 1.54) is 25.7 Å². The zero-order valence-corrected chi connectivity index (χ0v) is 32.5. The molecule has 0 bridgehead atoms. The van der Waals surface area contributed by atoms with Crippen LogP contribution in [0.2, 0.25) is 0 Å². The Morgan fingerprint density at radius 1 is 0.305 bits per heavy atom. The standard InChI is InChI=1S/C53H33N5S/c1-3-10-34(11-4-1)35-23-29-42(30-24-35)51-56-50(41-12-5-2-6-13-41)57-52(58-51)43-31-25-39(26-32-43)37-19-17-36(18-20-37)38-21-27-40(28-22-38)48-49-47(44-14-7-8-16-46(44)59-49)45-15-9-33-54-53(45)55-48/h1-33H. The monoisotopic (exact) mass is 771 g/mol. The highest BCUT2D eigenvalue weighted by molar-refractivity contribution is 7.26. The molecule has 7 aromatic carbocycles. The lowest BCUT2D eigenvalue weighted by Gasteiger charge is -2.10. The average molecular weight is 772 g/mol. The molecule has 0 aliphatic heterocycles. The number of nitrogens with zero attached hydrogens (tertiary/aromatic N) is 5. The molecule has 11 aromatic rings. The Morgan fingerprint density at radius 3 is 1.22 bits per heavy atom. The first-order valence-corrected chi connectivity index (χ1v) is 20.4. The lowest BCUT2D eigenvalue weighted by molar-refractivity contribution is 1.07. The van der Waals surface area contributed by atoms with Gasteiger partial charge in [-0.1, -0.05) is 176 Å². The summed E-state index contributed by atoms with van der Waals surface area (Å²) >= 11 is 1.80. The fourth-order valence-corrected chi connectivity index (χ4v) is 9.02. The van der Waals surface area contributed by atoms with Crippen molar-refractivity contribution < 1.29 is 0 Å². The third kappa shape index (κ3) is 6.52. The second kappa shape index (κ2) is 14.7. The topological polar surface area (TPSA) is 64.5 Å². The van der Waals surface area contributed by atoms with Crippen LogP contribution in [0.4, 0.5) is 0 Å². The van der Waals surface area contributed by atoms with Gasteiger partial charge in [0.2, 0.25) is 0 Å². The molecule has 4 aromatic heterocycles. The van der Waals surface area contributed by atoms with Crippen LogP contribution in [0.1, 0.15) is 0 Å². The van der Waals surface area contributed by atoms with Crippen molar-refractivity contribution in [1.29, 1.82) is 0 Å². The first kappa shape index (κ1) is 34.6. The zero-order chi connectivity index (χ0) is 39.1. The van der Waals surface area contributed by atoms with Crippen molar-refractivity contribution in [1.82, 2.24) is 24.9 Å². The molecule has 0 spiro atoms. The van der Waals surface area contributed by atoms with Gasteiger partial charge >= 0.3 is 0 Å². The van der Waals surface area contributed by atoms with Gasteiger partial charge in [-0.3, -0.25) is 0 Å². The molecule has 0 radical (unpaired) electrons. The molecule has 6 heteroatoms. The van der Waals surface area contributed by atoms with Crippen LogP contribution in [-0.4, -0.2) is 24.9 Å². The van der Waals surface area contributed by atoms with Crippen molar-refractivity contribution >= 4 is 42.5 Å². The molecule has 0 aliphatic carbocycles. The largest absolute Gasteiger partial charge is 0.237 e. The third-order valence-corrected chi connectivity index (χ3v) is 12.0. The number of fused-ring (bicyclic) bond motifs is 5. The van der Waals surface area contributed by atoms with E-state index in [-0.39, 0.29) is 0 Å². The minimum atomic E-state index is 0.634. The maximum Gasteiger partial charge on any atom is 0.164 e. The molecule has 11 rings (SSSR count). The van der Waals surface area contributed by atoms with Crippen molar-refractivity contribution in [3.8, 4) is 78.8 Å². The van der Waals surface area contributed by atoms with Crippen LogP contribution in [0.15, 0.2) is 200 Å². The highest BCUT2D eigenvalue weighted by atomic mass is 32.1. The molecular formula is C53H33N5S. The average Bonchev–Trinajstić information content (AvgIpc) is 3.72. The summed E-state index contributed by atoms with van der Waals surface area (Å²) in [6, 6.07) is 67.5. The molecule has 59 heavy (non-hydrogen) atoms. The van der Waals surface area contributed by atoms with Crippen molar-refractivity contribution in [3.05, 3.63) is 200 Å². The van der Waals surface area contributed by atoms with Crippen LogP contribution in [0, 0.1) is 0 Å². The first-order valence-electron chi connectivity index (χ1n) is 19.6. The number of pyridine rings is 2. The summed E-state index contributed by atoms with van der Waals surface area (Å²) < 4.78 is 2.45. The molecule has 0 aliphatic rings. The Hall–Kier alpha value is -7.67. The normalized spacial score (nSPS) is 11.4. The minimum absolute atomic E-state index is 0.634. The number of aromatic nitrogens is 5. The number of hydrogen-bond donors (Lipinski definition) is 0. The molecule has 276 valence electrons. The molecule has 4 heterocycles. The summed E-state index contributed by atoms with van der Waals surface area (Å²) in [7, 11) is 0. The first-order chi connectivity index (χ1) is 29.2. The van der Waals surface area contributed by atoms with Gasteiger partial charge in [0.15, 0.2) is 23.1 Å². The number of rotatable bonds is 7. The predicted octanol–water partition coefficient (Wildman–Crippen LogP) is 13.9.